The van der Waals surface area contributed by atoms with Gasteiger partial charge in [-0.1, -0.05) is 26.2 Å². The topological polar surface area (TPSA) is 49.4 Å². The monoisotopic (exact) mass is 290 g/mol. The van der Waals surface area contributed by atoms with E-state index >= 15 is 0 Å². The highest BCUT2D eigenvalue weighted by Gasteiger charge is 2.24. The maximum atomic E-state index is 11.2. The van der Waals surface area contributed by atoms with Gasteiger partial charge in [0.15, 0.2) is 0 Å². The molecule has 0 heterocycles. The summed E-state index contributed by atoms with van der Waals surface area (Å²) in [5.41, 5.74) is 0. The lowest BCUT2D eigenvalue weighted by Crippen LogP contribution is -2.41. The summed E-state index contributed by atoms with van der Waals surface area (Å²) in [7, 11) is -0.807. The van der Waals surface area contributed by atoms with E-state index in [1.54, 1.807) is 0 Å². The molecule has 0 amide bonds. The van der Waals surface area contributed by atoms with Gasteiger partial charge in [-0.3, -0.25) is 0 Å². The van der Waals surface area contributed by atoms with Gasteiger partial charge in [-0.25, -0.2) is 8.42 Å². The number of hydrogen-bond donors (Lipinski definition) is 1. The maximum Gasteiger partial charge on any atom is 0.148 e. The zero-order valence-corrected chi connectivity index (χ0v) is 13.5. The van der Waals surface area contributed by atoms with Gasteiger partial charge in [0.05, 0.1) is 5.75 Å². The van der Waals surface area contributed by atoms with Crippen molar-refractivity contribution >= 4 is 9.84 Å². The van der Waals surface area contributed by atoms with Crippen LogP contribution in [0, 0.1) is 5.92 Å². The fourth-order valence-electron chi connectivity index (χ4n) is 2.95. The number of hydrogen-bond acceptors (Lipinski definition) is 4. The lowest BCUT2D eigenvalue weighted by molar-refractivity contribution is 0.233. The molecule has 0 aromatic rings. The van der Waals surface area contributed by atoms with Crippen LogP contribution in [0.3, 0.4) is 0 Å². The first-order valence-electron chi connectivity index (χ1n) is 7.52. The minimum absolute atomic E-state index is 0.266. The molecule has 0 radical (unpaired) electrons. The van der Waals surface area contributed by atoms with Crippen LogP contribution in [-0.4, -0.2) is 58.1 Å². The predicted octanol–water partition coefficient (Wildman–Crippen LogP) is 1.52. The summed E-state index contributed by atoms with van der Waals surface area (Å²) < 4.78 is 22.4. The molecular weight excluding hydrogens is 260 g/mol. The van der Waals surface area contributed by atoms with Crippen molar-refractivity contribution in [2.75, 3.05) is 38.7 Å². The SMILES string of the molecule is CCNC1CCCCCC1CN(C)CCS(C)(=O)=O. The maximum absolute atomic E-state index is 11.2. The van der Waals surface area contributed by atoms with Crippen LogP contribution >= 0.6 is 0 Å². The van der Waals surface area contributed by atoms with Gasteiger partial charge in [0.1, 0.15) is 9.84 Å². The van der Waals surface area contributed by atoms with Gasteiger partial charge in [-0.15, -0.1) is 0 Å². The fourth-order valence-corrected chi connectivity index (χ4v) is 3.59. The van der Waals surface area contributed by atoms with Gasteiger partial charge < -0.3 is 10.2 Å². The first-order valence-corrected chi connectivity index (χ1v) is 9.58. The molecule has 1 aliphatic carbocycles. The van der Waals surface area contributed by atoms with Crippen LogP contribution in [0.4, 0.5) is 0 Å². The van der Waals surface area contributed by atoms with Crippen molar-refractivity contribution in [1.82, 2.24) is 10.2 Å². The summed E-state index contributed by atoms with van der Waals surface area (Å²) in [5.74, 6) is 0.925. The molecule has 0 saturated heterocycles. The fraction of sp³-hybridized carbons (Fsp3) is 1.00. The third kappa shape index (κ3) is 7.28. The molecule has 19 heavy (non-hydrogen) atoms. The third-order valence-electron chi connectivity index (χ3n) is 4.02. The Kier molecular flexibility index (Phi) is 7.32. The summed E-state index contributed by atoms with van der Waals surface area (Å²) in [5, 5.41) is 3.61. The minimum Gasteiger partial charge on any atom is -0.314 e. The third-order valence-corrected chi connectivity index (χ3v) is 4.94. The van der Waals surface area contributed by atoms with Crippen LogP contribution in [0.2, 0.25) is 0 Å². The van der Waals surface area contributed by atoms with Crippen LogP contribution < -0.4 is 5.32 Å². The second-order valence-corrected chi connectivity index (χ2v) is 8.21. The van der Waals surface area contributed by atoms with Crippen LogP contribution in [-0.2, 0) is 9.84 Å². The van der Waals surface area contributed by atoms with Crippen LogP contribution in [0.15, 0.2) is 0 Å². The predicted molar refractivity (Wildman–Crippen MR) is 81.2 cm³/mol. The number of rotatable bonds is 7. The second kappa shape index (κ2) is 8.22. The Bertz CT molecular complexity index is 343. The average molecular weight is 290 g/mol. The highest BCUT2D eigenvalue weighted by Crippen LogP contribution is 2.24. The molecular formula is C14H30N2O2S. The van der Waals surface area contributed by atoms with Crippen molar-refractivity contribution in [2.45, 2.75) is 45.1 Å². The van der Waals surface area contributed by atoms with E-state index in [1.807, 2.05) is 7.05 Å². The normalized spacial score (nSPS) is 25.5. The Hall–Kier alpha value is -0.130. The van der Waals surface area contributed by atoms with E-state index in [2.05, 4.69) is 17.1 Å². The number of nitrogens with zero attached hydrogens (tertiary/aromatic N) is 1. The number of sulfone groups is 1. The molecule has 0 aliphatic heterocycles. The largest absolute Gasteiger partial charge is 0.314 e. The molecule has 1 saturated carbocycles. The summed E-state index contributed by atoms with van der Waals surface area (Å²) in [6.07, 6.45) is 7.81. The van der Waals surface area contributed by atoms with E-state index in [0.717, 1.165) is 13.1 Å². The summed E-state index contributed by atoms with van der Waals surface area (Å²) in [6.45, 7) is 4.84. The van der Waals surface area contributed by atoms with Crippen molar-refractivity contribution in [1.29, 1.82) is 0 Å². The zero-order valence-electron chi connectivity index (χ0n) is 12.7. The Balaban J connectivity index is 2.45. The van der Waals surface area contributed by atoms with E-state index in [1.165, 1.54) is 38.4 Å². The van der Waals surface area contributed by atoms with E-state index < -0.39 is 9.84 Å². The molecule has 1 rings (SSSR count). The van der Waals surface area contributed by atoms with Gasteiger partial charge in [-0.2, -0.15) is 0 Å². The molecule has 0 aromatic carbocycles. The zero-order chi connectivity index (χ0) is 14.3. The van der Waals surface area contributed by atoms with Gasteiger partial charge >= 0.3 is 0 Å². The molecule has 1 fully saturated rings. The molecule has 114 valence electrons. The Morgan fingerprint density at radius 3 is 2.53 bits per heavy atom. The highest BCUT2D eigenvalue weighted by atomic mass is 32.2. The Morgan fingerprint density at radius 2 is 1.89 bits per heavy atom. The quantitative estimate of drug-likeness (QED) is 0.722. The highest BCUT2D eigenvalue weighted by molar-refractivity contribution is 7.90. The van der Waals surface area contributed by atoms with Gasteiger partial charge in [0, 0.05) is 25.4 Å². The van der Waals surface area contributed by atoms with Crippen molar-refractivity contribution in [3.63, 3.8) is 0 Å². The van der Waals surface area contributed by atoms with E-state index in [4.69, 9.17) is 0 Å². The Morgan fingerprint density at radius 1 is 1.21 bits per heavy atom. The van der Waals surface area contributed by atoms with Crippen LogP contribution in [0.5, 0.6) is 0 Å². The van der Waals surface area contributed by atoms with Gasteiger partial charge in [0.25, 0.3) is 0 Å². The minimum atomic E-state index is -2.85. The molecule has 4 nitrogen and oxygen atoms in total. The van der Waals surface area contributed by atoms with Gasteiger partial charge in [0.2, 0.25) is 0 Å². The standard InChI is InChI=1S/C14H30N2O2S/c1-4-15-14-9-7-5-6-8-13(14)12-16(2)10-11-19(3,17)18/h13-15H,4-12H2,1-3H3. The molecule has 0 aromatic heterocycles. The van der Waals surface area contributed by atoms with E-state index in [0.29, 0.717) is 18.5 Å². The van der Waals surface area contributed by atoms with Crippen molar-refractivity contribution in [3.05, 3.63) is 0 Å². The number of nitrogens with one attached hydrogen (secondary N) is 1. The van der Waals surface area contributed by atoms with E-state index in [9.17, 15) is 8.42 Å². The van der Waals surface area contributed by atoms with Crippen molar-refractivity contribution in [2.24, 2.45) is 5.92 Å². The first-order chi connectivity index (χ1) is 8.92. The lowest BCUT2D eigenvalue weighted by atomic mass is 9.94. The molecule has 5 heteroatoms. The molecule has 1 aliphatic rings. The van der Waals surface area contributed by atoms with Crippen molar-refractivity contribution < 1.29 is 8.42 Å². The summed E-state index contributed by atoms with van der Waals surface area (Å²) in [6, 6.07) is 0.605. The first kappa shape index (κ1) is 16.9. The summed E-state index contributed by atoms with van der Waals surface area (Å²) in [4.78, 5) is 2.18. The molecule has 2 unspecified atom stereocenters. The van der Waals surface area contributed by atoms with Crippen LogP contribution in [0.25, 0.3) is 0 Å². The average Bonchev–Trinajstić information content (AvgIpc) is 2.53. The van der Waals surface area contributed by atoms with Gasteiger partial charge in [-0.05, 0) is 32.4 Å². The lowest BCUT2D eigenvalue weighted by Gasteiger charge is -2.30. The van der Waals surface area contributed by atoms with Crippen molar-refractivity contribution in [3.8, 4) is 0 Å². The van der Waals surface area contributed by atoms with Crippen LogP contribution in [0.1, 0.15) is 39.0 Å². The molecule has 0 bridgehead atoms. The smallest absolute Gasteiger partial charge is 0.148 e. The molecule has 1 N–H and O–H groups in total. The van der Waals surface area contributed by atoms with E-state index in [-0.39, 0.29) is 5.75 Å². The molecule has 0 spiro atoms. The second-order valence-electron chi connectivity index (χ2n) is 5.95. The summed E-state index contributed by atoms with van der Waals surface area (Å²) >= 11 is 0. The Labute approximate surface area is 118 Å². The molecule has 2 atom stereocenters.